The van der Waals surface area contributed by atoms with E-state index in [4.69, 9.17) is 16.3 Å². The van der Waals surface area contributed by atoms with Crippen LogP contribution in [0.4, 0.5) is 0 Å². The van der Waals surface area contributed by atoms with Gasteiger partial charge in [-0.3, -0.25) is 4.79 Å². The van der Waals surface area contributed by atoms with Crippen molar-refractivity contribution in [1.29, 1.82) is 0 Å². The van der Waals surface area contributed by atoms with Crippen molar-refractivity contribution in [1.82, 2.24) is 5.32 Å². The Kier molecular flexibility index (Phi) is 9.59. The number of alkyl halides is 1. The van der Waals surface area contributed by atoms with Crippen molar-refractivity contribution in [3.05, 3.63) is 0 Å². The first-order chi connectivity index (χ1) is 6.31. The standard InChI is InChI=1S/C9H18ClNO2/c1-13-8-4-7-11-9(12)5-2-3-6-10/h2-8H2,1H3,(H,11,12). The van der Waals surface area contributed by atoms with Crippen LogP contribution in [-0.2, 0) is 9.53 Å². The summed E-state index contributed by atoms with van der Waals surface area (Å²) >= 11 is 5.48. The molecule has 0 aliphatic heterocycles. The van der Waals surface area contributed by atoms with E-state index in [1.54, 1.807) is 7.11 Å². The van der Waals surface area contributed by atoms with Crippen LogP contribution in [0.3, 0.4) is 0 Å². The quantitative estimate of drug-likeness (QED) is 0.485. The normalized spacial score (nSPS) is 10.0. The lowest BCUT2D eigenvalue weighted by atomic mass is 10.2. The van der Waals surface area contributed by atoms with Gasteiger partial charge in [0.1, 0.15) is 0 Å². The molecule has 0 aromatic heterocycles. The van der Waals surface area contributed by atoms with Crippen molar-refractivity contribution in [2.45, 2.75) is 25.7 Å². The van der Waals surface area contributed by atoms with Gasteiger partial charge < -0.3 is 10.1 Å². The largest absolute Gasteiger partial charge is 0.385 e. The van der Waals surface area contributed by atoms with E-state index in [2.05, 4.69) is 5.32 Å². The molecule has 0 radical (unpaired) electrons. The summed E-state index contributed by atoms with van der Waals surface area (Å²) in [6, 6.07) is 0. The topological polar surface area (TPSA) is 38.3 Å². The van der Waals surface area contributed by atoms with E-state index < -0.39 is 0 Å². The Labute approximate surface area is 84.8 Å². The molecule has 13 heavy (non-hydrogen) atoms. The molecule has 1 N–H and O–H groups in total. The number of amides is 1. The molecule has 0 heterocycles. The summed E-state index contributed by atoms with van der Waals surface area (Å²) < 4.78 is 4.85. The van der Waals surface area contributed by atoms with Crippen molar-refractivity contribution in [3.8, 4) is 0 Å². The highest BCUT2D eigenvalue weighted by molar-refractivity contribution is 6.17. The molecule has 0 saturated carbocycles. The number of nitrogens with one attached hydrogen (secondary N) is 1. The fourth-order valence-corrected chi connectivity index (χ4v) is 1.10. The van der Waals surface area contributed by atoms with Crippen LogP contribution in [0.5, 0.6) is 0 Å². The van der Waals surface area contributed by atoms with Gasteiger partial charge >= 0.3 is 0 Å². The SMILES string of the molecule is COCCCNC(=O)CCCCCl. The van der Waals surface area contributed by atoms with Crippen LogP contribution in [0.25, 0.3) is 0 Å². The average Bonchev–Trinajstić information content (AvgIpc) is 2.13. The molecule has 0 bridgehead atoms. The second-order valence-corrected chi connectivity index (χ2v) is 3.22. The number of ether oxygens (including phenoxy) is 1. The van der Waals surface area contributed by atoms with Crippen LogP contribution in [-0.4, -0.2) is 32.0 Å². The lowest BCUT2D eigenvalue weighted by Gasteiger charge is -2.03. The molecule has 0 unspecified atom stereocenters. The first kappa shape index (κ1) is 12.7. The summed E-state index contributed by atoms with van der Waals surface area (Å²) in [5.74, 6) is 0.748. The van der Waals surface area contributed by atoms with Gasteiger partial charge in [-0.15, -0.1) is 11.6 Å². The monoisotopic (exact) mass is 207 g/mol. The molecule has 0 aromatic rings. The molecular weight excluding hydrogens is 190 g/mol. The molecule has 1 amide bonds. The maximum Gasteiger partial charge on any atom is 0.219 e. The number of methoxy groups -OCH3 is 1. The molecule has 4 heteroatoms. The lowest BCUT2D eigenvalue weighted by molar-refractivity contribution is -0.121. The Morgan fingerprint density at radius 1 is 1.38 bits per heavy atom. The molecule has 78 valence electrons. The summed E-state index contributed by atoms with van der Waals surface area (Å²) in [6.45, 7) is 1.40. The number of hydrogen-bond acceptors (Lipinski definition) is 2. The van der Waals surface area contributed by atoms with Crippen LogP contribution < -0.4 is 5.32 Å². The highest BCUT2D eigenvalue weighted by Gasteiger charge is 1.98. The van der Waals surface area contributed by atoms with E-state index in [-0.39, 0.29) is 5.91 Å². The Balaban J connectivity index is 3.11. The van der Waals surface area contributed by atoms with Crippen molar-refractivity contribution in [2.24, 2.45) is 0 Å². The fourth-order valence-electron chi connectivity index (χ4n) is 0.913. The number of carbonyl (C=O) groups is 1. The second kappa shape index (κ2) is 9.81. The zero-order chi connectivity index (χ0) is 9.94. The number of unbranched alkanes of at least 4 members (excludes halogenated alkanes) is 1. The number of hydrogen-bond donors (Lipinski definition) is 1. The van der Waals surface area contributed by atoms with Crippen molar-refractivity contribution < 1.29 is 9.53 Å². The molecular formula is C9H18ClNO2. The van der Waals surface area contributed by atoms with Crippen LogP contribution in [0.2, 0.25) is 0 Å². The van der Waals surface area contributed by atoms with Gasteiger partial charge in [0.05, 0.1) is 0 Å². The minimum absolute atomic E-state index is 0.112. The van der Waals surface area contributed by atoms with Gasteiger partial charge in [0, 0.05) is 32.6 Å². The minimum Gasteiger partial charge on any atom is -0.385 e. The third-order valence-corrected chi connectivity index (χ3v) is 1.90. The highest BCUT2D eigenvalue weighted by Crippen LogP contribution is 1.96. The molecule has 0 spiro atoms. The Hall–Kier alpha value is -0.280. The Bertz CT molecular complexity index is 131. The maximum atomic E-state index is 11.1. The van der Waals surface area contributed by atoms with Gasteiger partial charge in [-0.25, -0.2) is 0 Å². The molecule has 0 aromatic carbocycles. The first-order valence-corrected chi connectivity index (χ1v) is 5.16. The second-order valence-electron chi connectivity index (χ2n) is 2.84. The maximum absolute atomic E-state index is 11.1. The molecule has 0 atom stereocenters. The lowest BCUT2D eigenvalue weighted by Crippen LogP contribution is -2.24. The smallest absolute Gasteiger partial charge is 0.219 e. The van der Waals surface area contributed by atoms with Gasteiger partial charge in [0.15, 0.2) is 0 Å². The summed E-state index contributed by atoms with van der Waals surface area (Å²) in [5, 5.41) is 2.81. The Morgan fingerprint density at radius 2 is 2.15 bits per heavy atom. The first-order valence-electron chi connectivity index (χ1n) is 4.63. The van der Waals surface area contributed by atoms with Crippen LogP contribution >= 0.6 is 11.6 Å². The van der Waals surface area contributed by atoms with Gasteiger partial charge in [-0.2, -0.15) is 0 Å². The zero-order valence-electron chi connectivity index (χ0n) is 8.14. The molecule has 0 fully saturated rings. The van der Waals surface area contributed by atoms with E-state index >= 15 is 0 Å². The average molecular weight is 208 g/mol. The number of carbonyl (C=O) groups excluding carboxylic acids is 1. The van der Waals surface area contributed by atoms with Gasteiger partial charge in [0.25, 0.3) is 0 Å². The summed E-state index contributed by atoms with van der Waals surface area (Å²) in [5.41, 5.74) is 0. The predicted molar refractivity (Wildman–Crippen MR) is 54.1 cm³/mol. The van der Waals surface area contributed by atoms with Crippen molar-refractivity contribution in [2.75, 3.05) is 26.1 Å². The molecule has 0 aliphatic rings. The Morgan fingerprint density at radius 3 is 2.77 bits per heavy atom. The molecule has 0 rings (SSSR count). The van der Waals surface area contributed by atoms with Crippen molar-refractivity contribution in [3.63, 3.8) is 0 Å². The van der Waals surface area contributed by atoms with Crippen LogP contribution in [0.1, 0.15) is 25.7 Å². The molecule has 0 saturated heterocycles. The predicted octanol–water partition coefficient (Wildman–Crippen LogP) is 1.55. The summed E-state index contributed by atoms with van der Waals surface area (Å²) in [6.07, 6.45) is 3.24. The van der Waals surface area contributed by atoms with E-state index in [1.165, 1.54) is 0 Å². The highest BCUT2D eigenvalue weighted by atomic mass is 35.5. The zero-order valence-corrected chi connectivity index (χ0v) is 8.90. The van der Waals surface area contributed by atoms with E-state index in [1.807, 2.05) is 0 Å². The fraction of sp³-hybridized carbons (Fsp3) is 0.889. The number of rotatable bonds is 8. The van der Waals surface area contributed by atoms with Gasteiger partial charge in [-0.05, 0) is 19.3 Å². The third kappa shape index (κ3) is 9.64. The molecule has 3 nitrogen and oxygen atoms in total. The van der Waals surface area contributed by atoms with Crippen molar-refractivity contribution >= 4 is 17.5 Å². The minimum atomic E-state index is 0.112. The van der Waals surface area contributed by atoms with Gasteiger partial charge in [-0.1, -0.05) is 0 Å². The van der Waals surface area contributed by atoms with Gasteiger partial charge in [0.2, 0.25) is 5.91 Å². The van der Waals surface area contributed by atoms with E-state index in [9.17, 15) is 4.79 Å². The third-order valence-electron chi connectivity index (χ3n) is 1.63. The van der Waals surface area contributed by atoms with Crippen LogP contribution in [0, 0.1) is 0 Å². The molecule has 0 aliphatic carbocycles. The summed E-state index contributed by atoms with van der Waals surface area (Å²) in [7, 11) is 1.66. The number of halogens is 1. The van der Waals surface area contributed by atoms with E-state index in [0.29, 0.717) is 25.5 Å². The van der Waals surface area contributed by atoms with E-state index in [0.717, 1.165) is 19.3 Å². The van der Waals surface area contributed by atoms with Crippen LogP contribution in [0.15, 0.2) is 0 Å². The summed E-state index contributed by atoms with van der Waals surface area (Å²) in [4.78, 5) is 11.1.